The lowest BCUT2D eigenvalue weighted by Gasteiger charge is -2.37. The van der Waals surface area contributed by atoms with Crippen LogP contribution in [0.4, 0.5) is 4.39 Å². The molecule has 3 nitrogen and oxygen atoms in total. The van der Waals surface area contributed by atoms with Gasteiger partial charge in [0.05, 0.1) is 12.1 Å². The average Bonchev–Trinajstić information content (AvgIpc) is 2.49. The van der Waals surface area contributed by atoms with Gasteiger partial charge in [0.25, 0.3) is 0 Å². The molecule has 1 heterocycles. The zero-order valence-corrected chi connectivity index (χ0v) is 13.9. The van der Waals surface area contributed by atoms with Crippen LogP contribution in [0.2, 0.25) is 0 Å². The van der Waals surface area contributed by atoms with Gasteiger partial charge in [-0.2, -0.15) is 5.26 Å². The first-order chi connectivity index (χ1) is 10.1. The highest BCUT2D eigenvalue weighted by atomic mass is 79.9. The van der Waals surface area contributed by atoms with Gasteiger partial charge in [0.15, 0.2) is 0 Å². The Labute approximate surface area is 134 Å². The van der Waals surface area contributed by atoms with Crippen LogP contribution < -0.4 is 0 Å². The van der Waals surface area contributed by atoms with E-state index in [0.29, 0.717) is 6.54 Å². The van der Waals surface area contributed by atoms with Gasteiger partial charge in [-0.05, 0) is 24.6 Å². The molecule has 0 radical (unpaired) electrons. The molecule has 0 N–H and O–H groups in total. The van der Waals surface area contributed by atoms with Gasteiger partial charge in [0, 0.05) is 42.8 Å². The Balaban J connectivity index is 1.89. The maximum Gasteiger partial charge on any atom is 0.127 e. The molecule has 114 valence electrons. The Morgan fingerprint density at radius 1 is 1.33 bits per heavy atom. The molecule has 1 saturated heterocycles. The zero-order chi connectivity index (χ0) is 15.2. The largest absolute Gasteiger partial charge is 0.296 e. The van der Waals surface area contributed by atoms with Crippen LogP contribution >= 0.6 is 15.9 Å². The maximum absolute atomic E-state index is 13.8. The summed E-state index contributed by atoms with van der Waals surface area (Å²) in [4.78, 5) is 4.50. The van der Waals surface area contributed by atoms with Crippen LogP contribution in [0.5, 0.6) is 0 Å². The van der Waals surface area contributed by atoms with E-state index < -0.39 is 0 Å². The van der Waals surface area contributed by atoms with Gasteiger partial charge in [0.1, 0.15) is 5.82 Å². The number of piperazine rings is 1. The second-order valence-electron chi connectivity index (χ2n) is 5.48. The molecule has 0 aromatic heterocycles. The van der Waals surface area contributed by atoms with E-state index in [9.17, 15) is 9.65 Å². The van der Waals surface area contributed by atoms with Crippen LogP contribution in [0.3, 0.4) is 0 Å². The van der Waals surface area contributed by atoms with Crippen molar-refractivity contribution in [1.29, 1.82) is 5.26 Å². The molecule has 1 aliphatic rings. The van der Waals surface area contributed by atoms with E-state index in [2.05, 4.69) is 38.7 Å². The standard InChI is InChI=1S/C16H21BrFN3/c1-2-3-15(11-19)21-8-6-20(7-9-21)12-13-10-14(17)4-5-16(13)18/h4-5,10,15H,2-3,6-9,12H2,1H3. The van der Waals surface area contributed by atoms with Crippen molar-refractivity contribution >= 4 is 15.9 Å². The molecule has 21 heavy (non-hydrogen) atoms. The monoisotopic (exact) mass is 353 g/mol. The van der Waals surface area contributed by atoms with Crippen molar-refractivity contribution in [1.82, 2.24) is 9.80 Å². The molecular weight excluding hydrogens is 333 g/mol. The highest BCUT2D eigenvalue weighted by Gasteiger charge is 2.23. The van der Waals surface area contributed by atoms with Crippen LogP contribution in [0.25, 0.3) is 0 Å². The highest BCUT2D eigenvalue weighted by molar-refractivity contribution is 9.10. The first-order valence-corrected chi connectivity index (χ1v) is 8.23. The Hall–Kier alpha value is -0.960. The number of halogens is 2. The van der Waals surface area contributed by atoms with E-state index in [0.717, 1.165) is 49.1 Å². The van der Waals surface area contributed by atoms with E-state index >= 15 is 0 Å². The molecular formula is C16H21BrFN3. The Morgan fingerprint density at radius 3 is 2.67 bits per heavy atom. The van der Waals surface area contributed by atoms with Crippen molar-refractivity contribution in [2.24, 2.45) is 0 Å². The lowest BCUT2D eigenvalue weighted by atomic mass is 10.1. The van der Waals surface area contributed by atoms with E-state index in [1.807, 2.05) is 6.07 Å². The van der Waals surface area contributed by atoms with E-state index in [1.54, 1.807) is 6.07 Å². The Bertz CT molecular complexity index is 507. The summed E-state index contributed by atoms with van der Waals surface area (Å²) in [5.41, 5.74) is 0.725. The minimum Gasteiger partial charge on any atom is -0.296 e. The summed E-state index contributed by atoms with van der Waals surface area (Å²) in [6, 6.07) is 7.49. The number of nitrogens with zero attached hydrogens (tertiary/aromatic N) is 3. The molecule has 1 aromatic carbocycles. The molecule has 0 amide bonds. The van der Waals surface area contributed by atoms with Crippen LogP contribution in [-0.4, -0.2) is 42.0 Å². The van der Waals surface area contributed by atoms with Crippen molar-refractivity contribution < 1.29 is 4.39 Å². The summed E-state index contributed by atoms with van der Waals surface area (Å²) < 4.78 is 14.7. The minimum absolute atomic E-state index is 0.0276. The average molecular weight is 354 g/mol. The van der Waals surface area contributed by atoms with Crippen LogP contribution in [-0.2, 0) is 6.54 Å². The quantitative estimate of drug-likeness (QED) is 0.812. The van der Waals surface area contributed by atoms with Crippen molar-refractivity contribution in [3.63, 3.8) is 0 Å². The highest BCUT2D eigenvalue weighted by Crippen LogP contribution is 2.18. The molecule has 1 aromatic rings. The Morgan fingerprint density at radius 2 is 2.05 bits per heavy atom. The van der Waals surface area contributed by atoms with Crippen LogP contribution in [0.1, 0.15) is 25.3 Å². The fourth-order valence-corrected chi connectivity index (χ4v) is 3.15. The number of hydrogen-bond donors (Lipinski definition) is 0. The number of nitriles is 1. The van der Waals surface area contributed by atoms with E-state index in [4.69, 9.17) is 0 Å². The molecule has 5 heteroatoms. The van der Waals surface area contributed by atoms with Gasteiger partial charge in [0.2, 0.25) is 0 Å². The lowest BCUT2D eigenvalue weighted by Crippen LogP contribution is -2.49. The third-order valence-electron chi connectivity index (χ3n) is 3.96. The van der Waals surface area contributed by atoms with E-state index in [-0.39, 0.29) is 11.9 Å². The van der Waals surface area contributed by atoms with Crippen LogP contribution in [0.15, 0.2) is 22.7 Å². The predicted octanol–water partition coefficient (Wildman–Crippen LogP) is 3.40. The molecule has 1 unspecified atom stereocenters. The van der Waals surface area contributed by atoms with Crippen LogP contribution in [0, 0.1) is 17.1 Å². The summed E-state index contributed by atoms with van der Waals surface area (Å²) in [5, 5.41) is 9.22. The summed E-state index contributed by atoms with van der Waals surface area (Å²) >= 11 is 3.39. The fourth-order valence-electron chi connectivity index (χ4n) is 2.74. The third-order valence-corrected chi connectivity index (χ3v) is 4.45. The van der Waals surface area contributed by atoms with Crippen molar-refractivity contribution in [2.45, 2.75) is 32.4 Å². The molecule has 1 atom stereocenters. The Kier molecular flexibility index (Phi) is 6.16. The maximum atomic E-state index is 13.8. The first kappa shape index (κ1) is 16.4. The second kappa shape index (κ2) is 7.88. The topological polar surface area (TPSA) is 30.3 Å². The predicted molar refractivity (Wildman–Crippen MR) is 85.3 cm³/mol. The smallest absolute Gasteiger partial charge is 0.127 e. The van der Waals surface area contributed by atoms with Crippen molar-refractivity contribution in [3.8, 4) is 6.07 Å². The number of rotatable bonds is 5. The lowest BCUT2D eigenvalue weighted by molar-refractivity contribution is 0.105. The van der Waals surface area contributed by atoms with Crippen molar-refractivity contribution in [3.05, 3.63) is 34.1 Å². The van der Waals surface area contributed by atoms with Gasteiger partial charge < -0.3 is 0 Å². The minimum atomic E-state index is -0.151. The van der Waals surface area contributed by atoms with Gasteiger partial charge in [-0.15, -0.1) is 0 Å². The molecule has 0 spiro atoms. The number of benzene rings is 1. The molecule has 0 bridgehead atoms. The van der Waals surface area contributed by atoms with Gasteiger partial charge in [-0.25, -0.2) is 4.39 Å². The summed E-state index contributed by atoms with van der Waals surface area (Å²) in [7, 11) is 0. The molecule has 1 fully saturated rings. The fraction of sp³-hybridized carbons (Fsp3) is 0.562. The summed E-state index contributed by atoms with van der Waals surface area (Å²) in [6.45, 7) is 6.27. The van der Waals surface area contributed by atoms with Crippen molar-refractivity contribution in [2.75, 3.05) is 26.2 Å². The van der Waals surface area contributed by atoms with Gasteiger partial charge >= 0.3 is 0 Å². The van der Waals surface area contributed by atoms with E-state index in [1.165, 1.54) is 6.07 Å². The SMILES string of the molecule is CCCC(C#N)N1CCN(Cc2cc(Br)ccc2F)CC1. The van der Waals surface area contributed by atoms with Gasteiger partial charge in [-0.3, -0.25) is 9.80 Å². The summed E-state index contributed by atoms with van der Waals surface area (Å²) in [6.07, 6.45) is 1.96. The zero-order valence-electron chi connectivity index (χ0n) is 12.4. The second-order valence-corrected chi connectivity index (χ2v) is 6.40. The summed E-state index contributed by atoms with van der Waals surface area (Å²) in [5.74, 6) is -0.151. The normalized spacial score (nSPS) is 18.4. The number of hydrogen-bond acceptors (Lipinski definition) is 3. The molecule has 0 aliphatic carbocycles. The molecule has 2 rings (SSSR count). The molecule has 0 saturated carbocycles. The third kappa shape index (κ3) is 4.50. The van der Waals surface area contributed by atoms with Gasteiger partial charge in [-0.1, -0.05) is 29.3 Å². The molecule has 1 aliphatic heterocycles. The first-order valence-electron chi connectivity index (χ1n) is 7.44.